The molecule has 0 spiro atoms. The van der Waals surface area contributed by atoms with Crippen molar-refractivity contribution >= 4 is 5.78 Å². The molecule has 0 radical (unpaired) electrons. The molecule has 0 heterocycles. The third-order valence-corrected chi connectivity index (χ3v) is 6.45. The van der Waals surface area contributed by atoms with Crippen molar-refractivity contribution in [3.8, 4) is 0 Å². The van der Waals surface area contributed by atoms with Crippen molar-refractivity contribution in [2.24, 2.45) is 22.7 Å². The van der Waals surface area contributed by atoms with Crippen molar-refractivity contribution < 1.29 is 4.79 Å². The van der Waals surface area contributed by atoms with E-state index in [2.05, 4.69) is 27.7 Å². The number of rotatable bonds is 4. The molecule has 0 bridgehead atoms. The minimum Gasteiger partial charge on any atom is -0.299 e. The summed E-state index contributed by atoms with van der Waals surface area (Å²) in [5.74, 6) is 2.13. The molecule has 0 aromatic carbocycles. The van der Waals surface area contributed by atoms with Crippen LogP contribution in [0.1, 0.15) is 79.1 Å². The van der Waals surface area contributed by atoms with E-state index in [1.165, 1.54) is 32.1 Å². The highest BCUT2D eigenvalue weighted by molar-refractivity contribution is 5.86. The third kappa shape index (κ3) is 1.94. The highest BCUT2D eigenvalue weighted by Gasteiger charge is 2.59. The van der Waals surface area contributed by atoms with Gasteiger partial charge in [0, 0.05) is 11.8 Å². The van der Waals surface area contributed by atoms with Gasteiger partial charge in [-0.15, -0.1) is 0 Å². The lowest BCUT2D eigenvalue weighted by molar-refractivity contribution is -0.140. The van der Waals surface area contributed by atoms with E-state index in [0.29, 0.717) is 5.78 Å². The maximum atomic E-state index is 12.4. The lowest BCUT2D eigenvalue weighted by atomic mass is 9.54. The van der Waals surface area contributed by atoms with Gasteiger partial charge in [-0.05, 0) is 42.9 Å². The number of unbranched alkanes of at least 4 members (excludes halogenated alkanes) is 1. The molecule has 0 N–H and O–H groups in total. The lowest BCUT2D eigenvalue weighted by Gasteiger charge is -2.48. The number of hydrogen-bond donors (Lipinski definition) is 0. The summed E-state index contributed by atoms with van der Waals surface area (Å²) in [6.45, 7) is 9.39. The number of hydrogen-bond acceptors (Lipinski definition) is 1. The van der Waals surface area contributed by atoms with Gasteiger partial charge in [-0.3, -0.25) is 4.79 Å². The molecule has 0 saturated heterocycles. The van der Waals surface area contributed by atoms with Gasteiger partial charge in [-0.1, -0.05) is 47.0 Å². The topological polar surface area (TPSA) is 17.1 Å². The SMILES string of the molecule is CCCC[C@H](C)C1CC[C@@]2(C)C(=O)CCC[C@]12C. The standard InChI is InChI=1S/C17H30O/c1-5-6-8-13(2)14-10-12-17(4)15(18)9-7-11-16(14,17)3/h13-14H,5-12H2,1-4H3/t13-,14?,16+,17-/m0/s1. The first-order valence-electron chi connectivity index (χ1n) is 7.99. The molecule has 0 amide bonds. The van der Waals surface area contributed by atoms with Gasteiger partial charge in [0.05, 0.1) is 0 Å². The first-order valence-corrected chi connectivity index (χ1v) is 7.99. The first-order chi connectivity index (χ1) is 8.45. The average molecular weight is 250 g/mol. The minimum absolute atomic E-state index is 0.00358. The zero-order valence-electron chi connectivity index (χ0n) is 12.7. The second-order valence-electron chi connectivity index (χ2n) is 7.29. The van der Waals surface area contributed by atoms with Gasteiger partial charge < -0.3 is 0 Å². The summed E-state index contributed by atoms with van der Waals surface area (Å²) >= 11 is 0. The number of fused-ring (bicyclic) bond motifs is 1. The lowest BCUT2D eigenvalue weighted by Crippen LogP contribution is -2.47. The molecule has 1 nitrogen and oxygen atoms in total. The van der Waals surface area contributed by atoms with Gasteiger partial charge in [0.1, 0.15) is 5.78 Å². The monoisotopic (exact) mass is 250 g/mol. The second kappa shape index (κ2) is 4.98. The van der Waals surface area contributed by atoms with Gasteiger partial charge in [-0.25, -0.2) is 0 Å². The summed E-state index contributed by atoms with van der Waals surface area (Å²) in [6, 6.07) is 0. The first kappa shape index (κ1) is 14.1. The van der Waals surface area contributed by atoms with Crippen LogP contribution in [0, 0.1) is 22.7 Å². The van der Waals surface area contributed by atoms with Crippen LogP contribution in [0.3, 0.4) is 0 Å². The normalized spacial score (nSPS) is 41.8. The van der Waals surface area contributed by atoms with Crippen molar-refractivity contribution in [2.45, 2.75) is 79.1 Å². The van der Waals surface area contributed by atoms with E-state index < -0.39 is 0 Å². The highest BCUT2D eigenvalue weighted by Crippen LogP contribution is 2.63. The van der Waals surface area contributed by atoms with E-state index in [4.69, 9.17) is 0 Å². The fraction of sp³-hybridized carbons (Fsp3) is 0.941. The Labute approximate surface area is 113 Å². The summed E-state index contributed by atoms with van der Waals surface area (Å²) in [5, 5.41) is 0. The van der Waals surface area contributed by atoms with Crippen LogP contribution in [0.25, 0.3) is 0 Å². The smallest absolute Gasteiger partial charge is 0.139 e. The summed E-state index contributed by atoms with van der Waals surface area (Å²) in [4.78, 5) is 12.4. The Morgan fingerprint density at radius 2 is 2.06 bits per heavy atom. The quantitative estimate of drug-likeness (QED) is 0.687. The van der Waals surface area contributed by atoms with Gasteiger partial charge in [-0.2, -0.15) is 0 Å². The maximum Gasteiger partial charge on any atom is 0.139 e. The van der Waals surface area contributed by atoms with E-state index in [1.807, 2.05) is 0 Å². The summed E-state index contributed by atoms with van der Waals surface area (Å²) in [5.41, 5.74) is 0.284. The maximum absolute atomic E-state index is 12.4. The predicted octanol–water partition coefficient (Wildman–Crippen LogP) is 4.99. The Hall–Kier alpha value is -0.330. The Balaban J connectivity index is 2.17. The molecule has 2 fully saturated rings. The molecule has 2 rings (SSSR count). The van der Waals surface area contributed by atoms with E-state index in [1.54, 1.807) is 0 Å². The van der Waals surface area contributed by atoms with Crippen LogP contribution in [0.2, 0.25) is 0 Å². The molecule has 18 heavy (non-hydrogen) atoms. The van der Waals surface area contributed by atoms with Crippen LogP contribution in [-0.2, 0) is 4.79 Å². The third-order valence-electron chi connectivity index (χ3n) is 6.45. The number of carbonyl (C=O) groups excluding carboxylic acids is 1. The zero-order valence-corrected chi connectivity index (χ0v) is 12.7. The largest absolute Gasteiger partial charge is 0.299 e. The number of carbonyl (C=O) groups is 1. The summed E-state index contributed by atoms with van der Waals surface area (Å²) < 4.78 is 0. The van der Waals surface area contributed by atoms with Gasteiger partial charge in [0.15, 0.2) is 0 Å². The van der Waals surface area contributed by atoms with Gasteiger partial charge in [0.2, 0.25) is 0 Å². The molecule has 2 saturated carbocycles. The second-order valence-corrected chi connectivity index (χ2v) is 7.29. The fourth-order valence-corrected chi connectivity index (χ4v) is 4.91. The molecule has 0 aromatic heterocycles. The summed E-state index contributed by atoms with van der Waals surface area (Å²) in [6.07, 6.45) is 9.65. The van der Waals surface area contributed by atoms with E-state index in [0.717, 1.165) is 31.1 Å². The molecule has 4 atom stereocenters. The van der Waals surface area contributed by atoms with E-state index in [-0.39, 0.29) is 10.8 Å². The molecular formula is C17H30O. The number of Topliss-reactive ketones (excluding diaryl/α,β-unsaturated/α-hetero) is 1. The Morgan fingerprint density at radius 1 is 1.33 bits per heavy atom. The van der Waals surface area contributed by atoms with Crippen molar-refractivity contribution in [1.29, 1.82) is 0 Å². The van der Waals surface area contributed by atoms with Crippen LogP contribution >= 0.6 is 0 Å². The van der Waals surface area contributed by atoms with E-state index >= 15 is 0 Å². The minimum atomic E-state index is -0.00358. The molecule has 0 aromatic rings. The predicted molar refractivity (Wildman–Crippen MR) is 76.5 cm³/mol. The highest BCUT2D eigenvalue weighted by atomic mass is 16.1. The van der Waals surface area contributed by atoms with Crippen molar-refractivity contribution in [2.75, 3.05) is 0 Å². The van der Waals surface area contributed by atoms with Gasteiger partial charge >= 0.3 is 0 Å². The molecule has 2 aliphatic carbocycles. The number of ketones is 1. The molecule has 0 aliphatic heterocycles. The van der Waals surface area contributed by atoms with Crippen molar-refractivity contribution in [3.05, 3.63) is 0 Å². The zero-order chi connectivity index (χ0) is 13.4. The summed E-state index contributed by atoms with van der Waals surface area (Å²) in [7, 11) is 0. The van der Waals surface area contributed by atoms with Crippen molar-refractivity contribution in [3.63, 3.8) is 0 Å². The van der Waals surface area contributed by atoms with E-state index in [9.17, 15) is 4.79 Å². The van der Waals surface area contributed by atoms with Gasteiger partial charge in [0.25, 0.3) is 0 Å². The fourth-order valence-electron chi connectivity index (χ4n) is 4.91. The van der Waals surface area contributed by atoms with Crippen LogP contribution < -0.4 is 0 Å². The molecule has 104 valence electrons. The van der Waals surface area contributed by atoms with Crippen LogP contribution in [0.4, 0.5) is 0 Å². The molecule has 1 unspecified atom stereocenters. The molecule has 1 heteroatoms. The van der Waals surface area contributed by atoms with Crippen molar-refractivity contribution in [1.82, 2.24) is 0 Å². The van der Waals surface area contributed by atoms with Crippen LogP contribution in [0.15, 0.2) is 0 Å². The molecular weight excluding hydrogens is 220 g/mol. The molecule has 2 aliphatic rings. The Kier molecular flexibility index (Phi) is 3.90. The van der Waals surface area contributed by atoms with Crippen LogP contribution in [0.5, 0.6) is 0 Å². The Bertz CT molecular complexity index is 322. The Morgan fingerprint density at radius 3 is 2.72 bits per heavy atom. The average Bonchev–Trinajstić information content (AvgIpc) is 2.61. The van der Waals surface area contributed by atoms with Crippen LogP contribution in [-0.4, -0.2) is 5.78 Å².